The highest BCUT2D eigenvalue weighted by atomic mass is 14.0. The molecule has 0 rings (SSSR count). The molecule has 98 valence electrons. The van der Waals surface area contributed by atoms with Crippen LogP contribution in [0.3, 0.4) is 0 Å². The van der Waals surface area contributed by atoms with Gasteiger partial charge < -0.3 is 0 Å². The van der Waals surface area contributed by atoms with Crippen LogP contribution in [0.1, 0.15) is 125 Å². The zero-order chi connectivity index (χ0) is 26.0. The SMILES string of the molecule is [2H]C(CCCCCCCC)C([2H])([2H])C([2H])([2H])C([2H])([2H])C([2H])([2H])C([2H])([2H])C([2H])([2H])C([2H])([2H])[2H]. The monoisotopic (exact) mass is 242 g/mol. The number of unbranched alkanes of at least 4 members (excludes halogenated alkanes) is 5. The Kier molecular flexibility index (Phi) is 3.51. The van der Waals surface area contributed by atoms with E-state index in [0.29, 0.717) is 12.8 Å². The molecule has 0 aliphatic rings. The Hall–Kier alpha value is 0. The molecule has 0 aromatic heterocycles. The summed E-state index contributed by atoms with van der Waals surface area (Å²) in [5, 5.41) is 0. The van der Waals surface area contributed by atoms with Gasteiger partial charge in [-0.3, -0.25) is 0 Å². The number of hydrogen-bond acceptors (Lipinski definition) is 0. The van der Waals surface area contributed by atoms with E-state index in [1.54, 1.807) is 0 Å². The highest BCUT2D eigenvalue weighted by Gasteiger charge is 1.92. The minimum atomic E-state index is -4.12. The van der Waals surface area contributed by atoms with Gasteiger partial charge in [-0.2, -0.15) is 0 Å². The quantitative estimate of drug-likeness (QED) is 0.324. The van der Waals surface area contributed by atoms with Crippen molar-refractivity contribution in [2.45, 2.75) is 103 Å². The van der Waals surface area contributed by atoms with Crippen LogP contribution in [0.15, 0.2) is 0 Å². The third-order valence-electron chi connectivity index (χ3n) is 2.13. The lowest BCUT2D eigenvalue weighted by molar-refractivity contribution is 0.538. The second kappa shape index (κ2) is 15.0. The van der Waals surface area contributed by atoms with Crippen molar-refractivity contribution in [3.63, 3.8) is 0 Å². The lowest BCUT2D eigenvalue weighted by atomic mass is 10.0. The average molecular weight is 243 g/mol. The molecule has 1 atom stereocenters. The van der Waals surface area contributed by atoms with Gasteiger partial charge in [-0.05, 0) is 0 Å². The van der Waals surface area contributed by atoms with Crippen molar-refractivity contribution >= 4 is 0 Å². The highest BCUT2D eigenvalue weighted by molar-refractivity contribution is 4.48. The Balaban J connectivity index is 5.90. The predicted molar refractivity (Wildman–Crippen MR) is 76.0 cm³/mol. The molecule has 1 unspecified atom stereocenters. The lowest BCUT2D eigenvalue weighted by Gasteiger charge is -2.02. The minimum Gasteiger partial charge on any atom is -0.0654 e. The van der Waals surface area contributed by atoms with E-state index in [1.165, 1.54) is 0 Å². The fraction of sp³-hybridized carbons (Fsp3) is 1.00. The number of hydrogen-bond donors (Lipinski definition) is 0. The van der Waals surface area contributed by atoms with Crippen molar-refractivity contribution in [1.82, 2.24) is 0 Å². The Bertz CT molecular complexity index is 591. The summed E-state index contributed by atoms with van der Waals surface area (Å²) in [6.07, 6.45) is -20.3. The van der Waals surface area contributed by atoms with Gasteiger partial charge in [0.25, 0.3) is 0 Å². The molecular formula is C16H34. The van der Waals surface area contributed by atoms with Crippen molar-refractivity contribution in [2.75, 3.05) is 0 Å². The van der Waals surface area contributed by atoms with Gasteiger partial charge in [-0.25, -0.2) is 0 Å². The van der Waals surface area contributed by atoms with E-state index in [-0.39, 0.29) is 6.42 Å². The van der Waals surface area contributed by atoms with Crippen LogP contribution in [0, 0.1) is 0 Å². The first-order chi connectivity index (χ1) is 14.0. The second-order valence-corrected chi connectivity index (χ2v) is 3.53. The molecule has 0 nitrogen and oxygen atoms in total. The normalized spacial score (nSPS) is 33.8. The van der Waals surface area contributed by atoms with Crippen molar-refractivity contribution < 1.29 is 21.9 Å². The molecule has 0 fully saturated rings. The van der Waals surface area contributed by atoms with Gasteiger partial charge in [0.2, 0.25) is 0 Å². The Morgan fingerprint density at radius 1 is 0.750 bits per heavy atom. The Morgan fingerprint density at radius 3 is 2.12 bits per heavy atom. The third-order valence-corrected chi connectivity index (χ3v) is 2.13. The molecule has 0 aromatic rings. The van der Waals surface area contributed by atoms with Crippen molar-refractivity contribution in [1.29, 1.82) is 0 Å². The van der Waals surface area contributed by atoms with Crippen molar-refractivity contribution in [2.24, 2.45) is 0 Å². The molecule has 0 radical (unpaired) electrons. The van der Waals surface area contributed by atoms with E-state index in [9.17, 15) is 0 Å². The van der Waals surface area contributed by atoms with Crippen LogP contribution in [0.25, 0.3) is 0 Å². The molecule has 0 bridgehead atoms. The molecule has 0 amide bonds. The minimum absolute atomic E-state index is 0.138. The second-order valence-electron chi connectivity index (χ2n) is 3.53. The van der Waals surface area contributed by atoms with E-state index in [0.717, 1.165) is 25.7 Å². The maximum atomic E-state index is 8.07. The molecule has 0 spiro atoms. The summed E-state index contributed by atoms with van der Waals surface area (Å²) < 4.78 is 125. The first-order valence-corrected chi connectivity index (χ1v) is 5.90. The van der Waals surface area contributed by atoms with Gasteiger partial charge in [-0.1, -0.05) is 103 Å². The van der Waals surface area contributed by atoms with Gasteiger partial charge in [0.05, 0.1) is 0 Å². The van der Waals surface area contributed by atoms with Gasteiger partial charge >= 0.3 is 0 Å². The van der Waals surface area contributed by atoms with Crippen molar-refractivity contribution in [3.05, 3.63) is 0 Å². The van der Waals surface area contributed by atoms with E-state index < -0.39 is 51.5 Å². The topological polar surface area (TPSA) is 0 Å². The third kappa shape index (κ3) is 14.0. The molecule has 0 heterocycles. The zero-order valence-electron chi connectivity index (χ0n) is 26.0. The fourth-order valence-electron chi connectivity index (χ4n) is 1.28. The van der Waals surface area contributed by atoms with Gasteiger partial charge in [0.1, 0.15) is 0 Å². The molecule has 0 aliphatic heterocycles. The van der Waals surface area contributed by atoms with Crippen LogP contribution in [0.2, 0.25) is 0 Å². The largest absolute Gasteiger partial charge is 0.0654 e. The molecule has 0 aromatic carbocycles. The van der Waals surface area contributed by atoms with Crippen LogP contribution in [0.4, 0.5) is 0 Å². The molecule has 0 saturated heterocycles. The summed E-state index contributed by atoms with van der Waals surface area (Å²) in [7, 11) is 0. The van der Waals surface area contributed by atoms with E-state index in [2.05, 4.69) is 0 Å². The Morgan fingerprint density at radius 2 is 1.38 bits per heavy atom. The molecule has 0 N–H and O–H groups in total. The molecule has 16 heavy (non-hydrogen) atoms. The fourth-order valence-corrected chi connectivity index (χ4v) is 1.28. The first-order valence-electron chi connectivity index (χ1n) is 14.0. The van der Waals surface area contributed by atoms with Crippen molar-refractivity contribution in [3.8, 4) is 0 Å². The standard InChI is InChI=1S/C16H34/c1-3-5-7-9-11-13-15-16-14-12-10-8-6-4-2/h3-16H2,1-2H3/i1D3,3D2,5D2,7D2,9D2,11D2,13D2,15D. The smallest absolute Gasteiger partial charge is 0.0267 e. The summed E-state index contributed by atoms with van der Waals surface area (Å²) in [4.78, 5) is 0. The van der Waals surface area contributed by atoms with E-state index >= 15 is 0 Å². The van der Waals surface area contributed by atoms with E-state index in [4.69, 9.17) is 21.9 Å². The number of rotatable bonds is 13. The lowest BCUT2D eigenvalue weighted by Crippen LogP contribution is -1.82. The van der Waals surface area contributed by atoms with Gasteiger partial charge in [-0.15, -0.1) is 0 Å². The molecule has 0 heteroatoms. The zero-order valence-corrected chi connectivity index (χ0v) is 10.0. The summed E-state index contributed by atoms with van der Waals surface area (Å²) in [5.74, 6) is 0. The summed E-state index contributed by atoms with van der Waals surface area (Å²) in [6, 6.07) is 0. The summed E-state index contributed by atoms with van der Waals surface area (Å²) in [6.45, 7) is -1.67. The maximum Gasteiger partial charge on any atom is 0.0267 e. The van der Waals surface area contributed by atoms with Crippen LogP contribution in [-0.4, -0.2) is 0 Å². The summed E-state index contributed by atoms with van der Waals surface area (Å²) in [5.41, 5.74) is 0. The van der Waals surface area contributed by atoms with Crippen LogP contribution in [-0.2, 0) is 0 Å². The Labute approximate surface area is 127 Å². The summed E-state index contributed by atoms with van der Waals surface area (Å²) >= 11 is 0. The highest BCUT2D eigenvalue weighted by Crippen LogP contribution is 2.12. The average Bonchev–Trinajstić information content (AvgIpc) is 2.62. The molecular weight excluding hydrogens is 192 g/mol. The van der Waals surface area contributed by atoms with Crippen LogP contribution in [0.5, 0.6) is 0 Å². The predicted octanol–water partition coefficient (Wildman–Crippen LogP) is 6.49. The van der Waals surface area contributed by atoms with Crippen LogP contribution < -0.4 is 0 Å². The van der Waals surface area contributed by atoms with Crippen LogP contribution >= 0.6 is 0 Å². The van der Waals surface area contributed by atoms with Gasteiger partial charge in [0, 0.05) is 21.9 Å². The maximum absolute atomic E-state index is 8.07. The first kappa shape index (κ1) is 3.75. The van der Waals surface area contributed by atoms with Gasteiger partial charge in [0.15, 0.2) is 0 Å². The van der Waals surface area contributed by atoms with E-state index in [1.807, 2.05) is 6.92 Å². The molecule has 0 aliphatic carbocycles. The molecule has 0 saturated carbocycles.